The van der Waals surface area contributed by atoms with Crippen LogP contribution in [-0.2, 0) is 10.0 Å². The lowest BCUT2D eigenvalue weighted by Crippen LogP contribution is -2.30. The molecule has 0 spiro atoms. The van der Waals surface area contributed by atoms with Crippen molar-refractivity contribution in [2.75, 3.05) is 24.2 Å². The molecule has 7 heteroatoms. The Kier molecular flexibility index (Phi) is 4.51. The third-order valence-electron chi connectivity index (χ3n) is 2.86. The van der Waals surface area contributed by atoms with Crippen LogP contribution in [0.2, 0.25) is 0 Å². The molecule has 0 aliphatic heterocycles. The summed E-state index contributed by atoms with van der Waals surface area (Å²) in [6.45, 7) is 2.26. The van der Waals surface area contributed by atoms with Crippen molar-refractivity contribution >= 4 is 26.6 Å². The molecule has 20 heavy (non-hydrogen) atoms. The molecular weight excluding hydrogens is 281 g/mol. The van der Waals surface area contributed by atoms with E-state index in [-0.39, 0.29) is 18.1 Å². The summed E-state index contributed by atoms with van der Waals surface area (Å²) < 4.78 is 38.6. The van der Waals surface area contributed by atoms with Crippen LogP contribution in [0.1, 0.15) is 6.92 Å². The summed E-state index contributed by atoms with van der Waals surface area (Å²) in [5.74, 6) is -0.325. The van der Waals surface area contributed by atoms with Gasteiger partial charge in [0.05, 0.1) is 5.75 Å². The van der Waals surface area contributed by atoms with Gasteiger partial charge >= 0.3 is 0 Å². The van der Waals surface area contributed by atoms with Crippen molar-refractivity contribution in [2.45, 2.75) is 6.92 Å². The molecule has 0 saturated heterocycles. The maximum absolute atomic E-state index is 13.6. The van der Waals surface area contributed by atoms with Crippen LogP contribution in [-0.4, -0.2) is 32.2 Å². The zero-order valence-corrected chi connectivity index (χ0v) is 11.9. The van der Waals surface area contributed by atoms with Crippen molar-refractivity contribution < 1.29 is 12.8 Å². The molecule has 0 bridgehead atoms. The second-order valence-electron chi connectivity index (χ2n) is 4.22. The number of para-hydroxylation sites is 1. The molecule has 0 saturated carbocycles. The predicted octanol–water partition coefficient (Wildman–Crippen LogP) is 1.73. The molecule has 0 aliphatic carbocycles. The number of hydrogen-bond donors (Lipinski definition) is 2. The molecule has 2 N–H and O–H groups in total. The van der Waals surface area contributed by atoms with Gasteiger partial charge < -0.3 is 5.32 Å². The van der Waals surface area contributed by atoms with Crippen LogP contribution in [0.15, 0.2) is 30.5 Å². The summed E-state index contributed by atoms with van der Waals surface area (Å²) in [5.41, 5.74) is 1.02. The minimum atomic E-state index is -3.19. The summed E-state index contributed by atoms with van der Waals surface area (Å²) in [4.78, 5) is 4.00. The number of sulfonamides is 1. The second kappa shape index (κ2) is 6.15. The zero-order chi connectivity index (χ0) is 14.6. The first kappa shape index (κ1) is 14.7. The Morgan fingerprint density at radius 2 is 2.05 bits per heavy atom. The number of halogens is 1. The van der Waals surface area contributed by atoms with Gasteiger partial charge in [0.25, 0.3) is 0 Å². The highest BCUT2D eigenvalue weighted by Crippen LogP contribution is 2.22. The van der Waals surface area contributed by atoms with Crippen molar-refractivity contribution in [1.82, 2.24) is 9.71 Å². The standard InChI is InChI=1S/C13H16FN3O2S/c1-2-20(18,19)17-9-8-15-12-6-7-16-13-10(12)4-3-5-11(13)14/h3-7,17H,2,8-9H2,1H3,(H,15,16). The summed E-state index contributed by atoms with van der Waals surface area (Å²) in [5, 5.41) is 3.75. The molecule has 2 rings (SSSR count). The molecule has 1 aromatic heterocycles. The van der Waals surface area contributed by atoms with Gasteiger partial charge in [0.2, 0.25) is 10.0 Å². The fraction of sp³-hybridized carbons (Fsp3) is 0.308. The number of pyridine rings is 1. The lowest BCUT2D eigenvalue weighted by Gasteiger charge is -2.10. The Labute approximate surface area is 117 Å². The Morgan fingerprint density at radius 3 is 2.80 bits per heavy atom. The molecule has 0 atom stereocenters. The molecule has 0 fully saturated rings. The van der Waals surface area contributed by atoms with Gasteiger partial charge in [0, 0.05) is 30.4 Å². The molecule has 0 unspecified atom stereocenters. The van der Waals surface area contributed by atoms with E-state index in [1.165, 1.54) is 12.3 Å². The number of aromatic nitrogens is 1. The number of rotatable bonds is 6. The molecule has 5 nitrogen and oxygen atoms in total. The van der Waals surface area contributed by atoms with E-state index in [0.717, 1.165) is 5.69 Å². The van der Waals surface area contributed by atoms with Gasteiger partial charge in [-0.15, -0.1) is 0 Å². The van der Waals surface area contributed by atoms with Gasteiger partial charge in [-0.3, -0.25) is 4.98 Å². The lowest BCUT2D eigenvalue weighted by molar-refractivity contribution is 0.584. The van der Waals surface area contributed by atoms with Crippen molar-refractivity contribution in [3.63, 3.8) is 0 Å². The number of fused-ring (bicyclic) bond motifs is 1. The normalized spacial score (nSPS) is 11.7. The van der Waals surface area contributed by atoms with Crippen molar-refractivity contribution in [3.8, 4) is 0 Å². The van der Waals surface area contributed by atoms with Crippen LogP contribution in [0.5, 0.6) is 0 Å². The van der Waals surface area contributed by atoms with E-state index in [2.05, 4.69) is 15.0 Å². The quantitative estimate of drug-likeness (QED) is 0.797. The summed E-state index contributed by atoms with van der Waals surface area (Å²) in [7, 11) is -3.19. The van der Waals surface area contributed by atoms with E-state index >= 15 is 0 Å². The molecular formula is C13H16FN3O2S. The fourth-order valence-electron chi connectivity index (χ4n) is 1.80. The number of nitrogens with one attached hydrogen (secondary N) is 2. The monoisotopic (exact) mass is 297 g/mol. The molecule has 0 aliphatic rings. The number of benzene rings is 1. The Morgan fingerprint density at radius 1 is 1.25 bits per heavy atom. The van der Waals surface area contributed by atoms with Gasteiger partial charge in [0.15, 0.2) is 0 Å². The molecule has 0 radical (unpaired) electrons. The van der Waals surface area contributed by atoms with Crippen LogP contribution in [0.4, 0.5) is 10.1 Å². The van der Waals surface area contributed by atoms with Crippen LogP contribution in [0.25, 0.3) is 10.9 Å². The third-order valence-corrected chi connectivity index (χ3v) is 4.27. The van der Waals surface area contributed by atoms with E-state index in [1.807, 2.05) is 0 Å². The minimum absolute atomic E-state index is 0.0520. The van der Waals surface area contributed by atoms with E-state index in [9.17, 15) is 12.8 Å². The van der Waals surface area contributed by atoms with E-state index in [0.29, 0.717) is 17.4 Å². The highest BCUT2D eigenvalue weighted by atomic mass is 32.2. The number of hydrogen-bond acceptors (Lipinski definition) is 4. The van der Waals surface area contributed by atoms with Crippen molar-refractivity contribution in [1.29, 1.82) is 0 Å². The first-order valence-corrected chi connectivity index (χ1v) is 7.93. The van der Waals surface area contributed by atoms with Gasteiger partial charge in [-0.25, -0.2) is 17.5 Å². The fourth-order valence-corrected chi connectivity index (χ4v) is 2.42. The van der Waals surface area contributed by atoms with Gasteiger partial charge in [-0.2, -0.15) is 0 Å². The Bertz CT molecular complexity index is 704. The maximum atomic E-state index is 13.6. The summed E-state index contributed by atoms with van der Waals surface area (Å²) >= 11 is 0. The van der Waals surface area contributed by atoms with Crippen molar-refractivity contribution in [3.05, 3.63) is 36.3 Å². The Hall–Kier alpha value is -1.73. The molecule has 2 aromatic rings. The molecule has 1 heterocycles. The topological polar surface area (TPSA) is 71.1 Å². The minimum Gasteiger partial charge on any atom is -0.383 e. The number of nitrogens with zero attached hydrogens (tertiary/aromatic N) is 1. The number of anilines is 1. The second-order valence-corrected chi connectivity index (χ2v) is 6.31. The van der Waals surface area contributed by atoms with E-state index in [1.54, 1.807) is 25.1 Å². The lowest BCUT2D eigenvalue weighted by atomic mass is 10.2. The zero-order valence-electron chi connectivity index (χ0n) is 11.1. The van der Waals surface area contributed by atoms with E-state index < -0.39 is 10.0 Å². The average molecular weight is 297 g/mol. The maximum Gasteiger partial charge on any atom is 0.211 e. The average Bonchev–Trinajstić information content (AvgIpc) is 2.44. The molecule has 0 amide bonds. The van der Waals surface area contributed by atoms with Crippen LogP contribution in [0, 0.1) is 5.82 Å². The highest BCUT2D eigenvalue weighted by Gasteiger charge is 2.07. The largest absolute Gasteiger partial charge is 0.383 e. The van der Waals surface area contributed by atoms with Crippen LogP contribution < -0.4 is 10.0 Å². The SMILES string of the molecule is CCS(=O)(=O)NCCNc1ccnc2c(F)cccc12. The van der Waals surface area contributed by atoms with Crippen LogP contribution in [0.3, 0.4) is 0 Å². The van der Waals surface area contributed by atoms with Crippen molar-refractivity contribution in [2.24, 2.45) is 0 Å². The third kappa shape index (κ3) is 3.43. The van der Waals surface area contributed by atoms with Crippen LogP contribution >= 0.6 is 0 Å². The van der Waals surface area contributed by atoms with Gasteiger partial charge in [-0.1, -0.05) is 12.1 Å². The van der Waals surface area contributed by atoms with E-state index in [4.69, 9.17) is 0 Å². The molecule has 108 valence electrons. The first-order valence-electron chi connectivity index (χ1n) is 6.28. The van der Waals surface area contributed by atoms with Gasteiger partial charge in [-0.05, 0) is 19.1 Å². The molecule has 1 aromatic carbocycles. The first-order chi connectivity index (χ1) is 9.53. The smallest absolute Gasteiger partial charge is 0.211 e. The Balaban J connectivity index is 2.06. The van der Waals surface area contributed by atoms with Gasteiger partial charge in [0.1, 0.15) is 11.3 Å². The predicted molar refractivity (Wildman–Crippen MR) is 77.7 cm³/mol. The summed E-state index contributed by atoms with van der Waals surface area (Å²) in [6.07, 6.45) is 1.52. The highest BCUT2D eigenvalue weighted by molar-refractivity contribution is 7.89. The summed E-state index contributed by atoms with van der Waals surface area (Å²) in [6, 6.07) is 6.47.